The summed E-state index contributed by atoms with van der Waals surface area (Å²) in [6, 6.07) is 13.5. The van der Waals surface area contributed by atoms with Gasteiger partial charge in [0.15, 0.2) is 0 Å². The predicted octanol–water partition coefficient (Wildman–Crippen LogP) is 3.65. The number of nitrogens with two attached hydrogens (primary N) is 1. The van der Waals surface area contributed by atoms with E-state index < -0.39 is 227 Å². The molecule has 1 aromatic heterocycles. The molecule has 5 aromatic rings. The minimum atomic E-state index is -1.77. The molecule has 150 heavy (non-hydrogen) atoms. The van der Waals surface area contributed by atoms with Crippen molar-refractivity contribution in [2.45, 2.75) is 319 Å². The van der Waals surface area contributed by atoms with Crippen molar-refractivity contribution in [1.29, 1.82) is 0 Å². The van der Waals surface area contributed by atoms with Gasteiger partial charge in [0.2, 0.25) is 95.5 Å². The fourth-order valence-electron chi connectivity index (χ4n) is 18.3. The molecule has 0 saturated carbocycles. The minimum Gasteiger partial charge on any atom is -0.481 e. The summed E-state index contributed by atoms with van der Waals surface area (Å²) in [6.45, 7) is 15.7. The number of hydrogen-bond donors (Lipinski definition) is 20. The highest BCUT2D eigenvalue weighted by molar-refractivity contribution is 7.17. The Morgan fingerprint density at radius 2 is 1.24 bits per heavy atom. The lowest BCUT2D eigenvalue weighted by Gasteiger charge is -2.40. The molecule has 0 aliphatic carbocycles. The number of aliphatic carboxylic acids is 2. The van der Waals surface area contributed by atoms with E-state index in [9.17, 15) is 112 Å². The number of unbranched alkanes of at least 4 members (excludes halogenated alkanes) is 3. The summed E-state index contributed by atoms with van der Waals surface area (Å²) in [4.78, 5) is 275. The van der Waals surface area contributed by atoms with E-state index in [0.29, 0.717) is 68.0 Å². The first-order valence-electron chi connectivity index (χ1n) is 50.7. The lowest BCUT2D eigenvalue weighted by molar-refractivity contribution is -0.146. The molecule has 43 nitrogen and oxygen atoms in total. The summed E-state index contributed by atoms with van der Waals surface area (Å²) >= 11 is 1.40. The zero-order valence-electron chi connectivity index (χ0n) is 86.6. The Hall–Kier alpha value is -14.6. The molecule has 0 bridgehead atoms. The molecule has 1 spiro atoms. The second-order valence-corrected chi connectivity index (χ2v) is 41.2. The van der Waals surface area contributed by atoms with Crippen molar-refractivity contribution >= 4 is 141 Å². The largest absolute Gasteiger partial charge is 0.481 e. The molecule has 44 heteroatoms. The van der Waals surface area contributed by atoms with Gasteiger partial charge in [-0.3, -0.25) is 91.6 Å². The van der Waals surface area contributed by atoms with Crippen LogP contribution in [0.15, 0.2) is 133 Å². The van der Waals surface area contributed by atoms with Crippen molar-refractivity contribution in [3.63, 3.8) is 0 Å². The molecule has 3 aliphatic rings. The first kappa shape index (κ1) is 121. The van der Waals surface area contributed by atoms with E-state index in [-0.39, 0.29) is 135 Å². The van der Waals surface area contributed by atoms with Crippen LogP contribution in [-0.2, 0) is 117 Å². The summed E-state index contributed by atoms with van der Waals surface area (Å²) in [7, 11) is 0. The van der Waals surface area contributed by atoms with Crippen molar-refractivity contribution in [3.05, 3.63) is 166 Å². The van der Waals surface area contributed by atoms with Gasteiger partial charge in [-0.05, 0) is 213 Å². The fraction of sp³-hybridized carbons (Fsp3) is 0.528. The maximum Gasteiger partial charge on any atom is 0.409 e. The van der Waals surface area contributed by atoms with Crippen molar-refractivity contribution in [2.75, 3.05) is 32.8 Å². The van der Waals surface area contributed by atoms with Crippen LogP contribution in [0.3, 0.4) is 0 Å². The number of amides is 17. The summed E-state index contributed by atoms with van der Waals surface area (Å²) in [6.07, 6.45) is 6.43. The number of aliphatic hydroxyl groups excluding tert-OH is 1. The number of hydrogen-bond acceptors (Lipinski definition) is 24. The molecule has 2 fully saturated rings. The van der Waals surface area contributed by atoms with Crippen molar-refractivity contribution in [3.8, 4) is 0 Å². The smallest absolute Gasteiger partial charge is 0.409 e. The molecular formula is C106H146N18O25S. The monoisotopic (exact) mass is 2100 g/mol. The van der Waals surface area contributed by atoms with Crippen LogP contribution in [0, 0.1) is 12.3 Å². The number of benzene rings is 4. The third-order valence-electron chi connectivity index (χ3n) is 26.5. The summed E-state index contributed by atoms with van der Waals surface area (Å²) < 4.78 is 6.61. The van der Waals surface area contributed by atoms with E-state index in [0.717, 1.165) is 21.2 Å². The number of aliphatic hydroxyl groups is 1. The van der Waals surface area contributed by atoms with Gasteiger partial charge in [0.25, 0.3) is 0 Å². The number of allylic oxidation sites excluding steroid dienone is 3. The number of likely N-dealkylation sites (tertiary alicyclic amines) is 2. The average Bonchev–Trinajstić information content (AvgIpc) is 1.57. The predicted molar refractivity (Wildman–Crippen MR) is 555 cm³/mol. The molecule has 816 valence electrons. The van der Waals surface area contributed by atoms with Crippen molar-refractivity contribution in [2.24, 2.45) is 11.1 Å². The molecule has 1 unspecified atom stereocenters. The third-order valence-corrected chi connectivity index (χ3v) is 27.5. The van der Waals surface area contributed by atoms with E-state index in [1.54, 1.807) is 60.7 Å². The maximum atomic E-state index is 15.0. The standard InChI is InChI=1S/C106H146N18O25S/c1-64-32-20-21-36-71(64)56-79(110-63-126)92(137)118-81(57-73-61-150-84-40-23-22-38-75(73)84)94(139)116-77(90(135)112-66(3)88(107)133)41-42-85(128)108-48-28-24-39-76(115-93(138)80(54-69-33-18-17-19-34-69)117-89(134)67(4)113-99(145)104(9,10)121-96(141)78(109-62-125)55-70-35-30-37-72(53-70)98(143)144)91(136)114-74-43-50-123(60-74)102(148)149-51-29-16-12-11-13-25-44-105(100(146)111-65(2)52-86(129)130)45-26-14-15-27-46-106(47-31-49-124(106)68(5)127)101(147)120-82(58-87(131)132)95(140)119-83(97(142)122-105)59-103(6,7)8/h11-12,15,17-23,27,30,32-38,40,53,61-63,65-67,74,76-83,97,122,142H,13-14,16,24-26,28-29,31,39,41-52,54-60H2,1-10H3,(H2,107,133)(H,108,128)(H,109,125)(H,110,126)(H,111,146)(H,112,135)(H,113,145)(H,114,136)(H,115,138)(H,116,139)(H,117,134)(H,118,137)(H,119,140)(H,120,147)(H,121,141)(H,129,130)(H,131,132)(H,143,144)/b12-11-,27-15-/t65-,66+,67+,74+,76+,77+,78+,79+,80+,81+,82+,83+,97?,105+,106+/m1/s1. The molecule has 3 aliphatic heterocycles. The molecule has 0 radical (unpaired) electrons. The highest BCUT2D eigenvalue weighted by Gasteiger charge is 2.50. The molecular weight excluding hydrogens is 1960 g/mol. The van der Waals surface area contributed by atoms with Crippen molar-refractivity contribution < 1.29 is 121 Å². The number of fused-ring (bicyclic) bond motifs is 1. The number of thiophene rings is 1. The Labute approximate surface area is 875 Å². The topological polar surface area (TPSA) is 644 Å². The number of carboxylic acids is 3. The number of carboxylic acid groups (broad SMARTS) is 3. The molecule has 21 N–H and O–H groups in total. The van der Waals surface area contributed by atoms with Gasteiger partial charge < -0.3 is 115 Å². The second-order valence-electron chi connectivity index (χ2n) is 40.3. The summed E-state index contributed by atoms with van der Waals surface area (Å²) in [5.74, 6) is -14.7. The van der Waals surface area contributed by atoms with Gasteiger partial charge in [-0.2, -0.15) is 0 Å². The molecule has 17 amide bonds. The van der Waals surface area contributed by atoms with E-state index >= 15 is 4.79 Å². The molecule has 2 saturated heterocycles. The number of nitrogens with one attached hydrogen (secondary N) is 15. The number of aryl methyl sites for hydroxylation is 1. The van der Waals surface area contributed by atoms with Crippen LogP contribution in [0.1, 0.15) is 229 Å². The minimum absolute atomic E-state index is 0.0236. The number of primary amides is 1. The van der Waals surface area contributed by atoms with Gasteiger partial charge in [0.05, 0.1) is 36.6 Å². The average molecular weight is 2100 g/mol. The van der Waals surface area contributed by atoms with Gasteiger partial charge in [0, 0.05) is 82.0 Å². The van der Waals surface area contributed by atoms with Crippen LogP contribution >= 0.6 is 11.3 Å². The Kier molecular flexibility index (Phi) is 47.0. The van der Waals surface area contributed by atoms with Crippen LogP contribution in [0.2, 0.25) is 0 Å². The number of carbonyl (C=O) groups excluding carboxylic acids is 17. The van der Waals surface area contributed by atoms with Gasteiger partial charge in [-0.15, -0.1) is 11.3 Å². The third kappa shape index (κ3) is 37.9. The first-order chi connectivity index (χ1) is 71.1. The maximum absolute atomic E-state index is 15.0. The Morgan fingerprint density at radius 3 is 1.91 bits per heavy atom. The zero-order chi connectivity index (χ0) is 110. The van der Waals surface area contributed by atoms with Crippen LogP contribution < -0.4 is 85.5 Å². The van der Waals surface area contributed by atoms with Crippen LogP contribution in [-0.4, -0.2) is 278 Å². The summed E-state index contributed by atoms with van der Waals surface area (Å²) in [5.41, 5.74) is 3.18. The number of nitrogens with zero attached hydrogens (tertiary/aromatic N) is 2. The zero-order valence-corrected chi connectivity index (χ0v) is 87.4. The van der Waals surface area contributed by atoms with E-state index in [1.807, 2.05) is 81.6 Å². The first-order valence-corrected chi connectivity index (χ1v) is 51.6. The Bertz CT molecular complexity index is 5640. The Balaban J connectivity index is 0.951. The van der Waals surface area contributed by atoms with Crippen LogP contribution in [0.4, 0.5) is 4.79 Å². The molecule has 4 aromatic carbocycles. The van der Waals surface area contributed by atoms with E-state index in [2.05, 4.69) is 79.8 Å². The quantitative estimate of drug-likeness (QED) is 0.0150. The van der Waals surface area contributed by atoms with Gasteiger partial charge in [-0.25, -0.2) is 9.59 Å². The molecule has 15 atom stereocenters. The van der Waals surface area contributed by atoms with Gasteiger partial charge in [-0.1, -0.05) is 130 Å². The molecule has 8 rings (SSSR count). The highest BCUT2D eigenvalue weighted by atomic mass is 32.1. The van der Waals surface area contributed by atoms with Gasteiger partial charge in [0.1, 0.15) is 71.7 Å². The van der Waals surface area contributed by atoms with Crippen LogP contribution in [0.5, 0.6) is 0 Å². The SMILES string of the molecule is CC(=O)N1CCC[C@]12C/C=C\CCC[C@@](CCC/C=C\CCCOC(=O)N1CC[C@H](NC(=O)[C@H](CCCCNC(=O)CC[C@H](NC(=O)[C@H](Cc3csc4ccccc34)NC(=O)[C@H](Cc3ccccc3C)NC=O)C(=O)N[C@@H](C)C(N)=O)NC(=O)[C@H](Cc3ccccc3)NC(=O)[C@H](C)NC(=O)C(C)(C)NC(=O)[C@H](Cc3cccc(C(=O)O)c3)NC=O)C1)(C(=O)N[C@H](C)CC(=O)O)NC(O)[C@H](CC(C)(C)C)NC(=O)[C@H](CC(=O)O)NC2=O. The number of rotatable bonds is 53. The van der Waals surface area contributed by atoms with Crippen molar-refractivity contribution in [1.82, 2.24) is 89.6 Å². The fourth-order valence-corrected chi connectivity index (χ4v) is 19.2. The normalized spacial score (nSPS) is 19.6. The van der Waals surface area contributed by atoms with E-state index in [1.165, 1.54) is 80.9 Å². The lowest BCUT2D eigenvalue weighted by Crippen LogP contribution is -2.66. The lowest BCUT2D eigenvalue weighted by atomic mass is 9.83. The number of carbonyl (C=O) groups is 20. The number of aromatic carboxylic acids is 1. The summed E-state index contributed by atoms with van der Waals surface area (Å²) in [5, 5.41) is 85.0. The van der Waals surface area contributed by atoms with Gasteiger partial charge >= 0.3 is 24.0 Å². The number of ether oxygens (including phenoxy) is 1. The second kappa shape index (κ2) is 58.4. The van der Waals surface area contributed by atoms with Crippen LogP contribution in [0.25, 0.3) is 10.1 Å². The Morgan fingerprint density at radius 1 is 0.620 bits per heavy atom. The highest BCUT2D eigenvalue weighted by Crippen LogP contribution is 2.36. The van der Waals surface area contributed by atoms with E-state index in [4.69, 9.17) is 10.5 Å². The molecule has 4 heterocycles.